The van der Waals surface area contributed by atoms with Crippen LogP contribution in [0, 0.1) is 0 Å². The van der Waals surface area contributed by atoms with Crippen LogP contribution in [0.3, 0.4) is 0 Å². The highest BCUT2D eigenvalue weighted by molar-refractivity contribution is 7.80. The third kappa shape index (κ3) is 99.5. The van der Waals surface area contributed by atoms with E-state index in [0.717, 1.165) is 12.8 Å². The van der Waals surface area contributed by atoms with Crippen molar-refractivity contribution in [2.75, 3.05) is 26.4 Å². The van der Waals surface area contributed by atoms with E-state index in [1.165, 1.54) is 57.8 Å². The Hall–Kier alpha value is -0.410. The van der Waals surface area contributed by atoms with Crippen LogP contribution >= 0.6 is 0 Å². The molecule has 32 heavy (non-hydrogen) atoms. The molecule has 0 saturated carbocycles. The minimum atomic E-state index is -4.49. The minimum Gasteiger partial charge on any atom is -0.855 e. The standard InChI is InChI=1S/C14H30O4S.3C2H5O.4H3N/c1-2-3-4-5-6-7-8-9-10-11-12-13-14-18-19(15,16)17;3*1-2-3;;;;/h2-14H2,1H3,(H,15,16,17);3*2H2,1H3;4*1H3/q;3*-1;;;;/p+3. The van der Waals surface area contributed by atoms with Gasteiger partial charge < -0.3 is 44.5 Å². The van der Waals surface area contributed by atoms with Crippen molar-refractivity contribution in [2.24, 2.45) is 0 Å². The Morgan fingerprint density at radius 2 is 0.750 bits per heavy atom. The zero-order valence-electron chi connectivity index (χ0n) is 22.6. The van der Waals surface area contributed by atoms with Crippen molar-refractivity contribution in [3.63, 3.8) is 0 Å². The van der Waals surface area contributed by atoms with Crippen molar-refractivity contribution in [3.8, 4) is 0 Å². The van der Waals surface area contributed by atoms with Crippen molar-refractivity contribution in [1.29, 1.82) is 0 Å². The summed E-state index contributed by atoms with van der Waals surface area (Å²) in [5.74, 6) is 0. The molecule has 0 spiro atoms. The van der Waals surface area contributed by atoms with Crippen LogP contribution in [0.4, 0.5) is 0 Å². The average molecular weight is 501 g/mol. The van der Waals surface area contributed by atoms with E-state index in [-0.39, 0.29) is 51.0 Å². The third-order valence-electron chi connectivity index (χ3n) is 3.23. The smallest absolute Gasteiger partial charge is 0.217 e. The Labute approximate surface area is 199 Å². The monoisotopic (exact) mass is 500 g/mol. The molecule has 0 atom stereocenters. The SMILES string of the molecule is CCCCCCCCCCCCCCOS(=O)(=O)[O-].CC[O-].CC[O-].CC[O-].[NH4+].[NH4+].[NH4+].[NH4+]. The molecule has 12 heteroatoms. The Morgan fingerprint density at radius 1 is 0.531 bits per heavy atom. The van der Waals surface area contributed by atoms with Crippen LogP contribution < -0.4 is 39.9 Å². The van der Waals surface area contributed by atoms with Gasteiger partial charge in [-0.05, 0) is 6.42 Å². The fourth-order valence-electron chi connectivity index (χ4n) is 2.10. The summed E-state index contributed by atoms with van der Waals surface area (Å²) in [7, 11) is -4.49. The van der Waals surface area contributed by atoms with E-state index >= 15 is 0 Å². The van der Waals surface area contributed by atoms with E-state index in [1.54, 1.807) is 20.8 Å². The summed E-state index contributed by atoms with van der Waals surface area (Å²) in [6.07, 6.45) is 14.5. The maximum Gasteiger partial charge on any atom is 0.217 e. The molecule has 0 bridgehead atoms. The molecule has 0 aliphatic carbocycles. The van der Waals surface area contributed by atoms with E-state index in [4.69, 9.17) is 15.3 Å². The lowest BCUT2D eigenvalue weighted by Gasteiger charge is -2.07. The molecule has 16 N–H and O–H groups in total. The quantitative estimate of drug-likeness (QED) is 0.155. The second-order valence-corrected chi connectivity index (χ2v) is 7.04. The number of quaternary nitrogens is 4. The van der Waals surface area contributed by atoms with Crippen LogP contribution in [0.25, 0.3) is 0 Å². The van der Waals surface area contributed by atoms with E-state index in [0.29, 0.717) is 6.42 Å². The summed E-state index contributed by atoms with van der Waals surface area (Å²) in [6.45, 7) is 6.97. The van der Waals surface area contributed by atoms with Crippen LogP contribution in [-0.4, -0.2) is 39.4 Å². The first-order valence-corrected chi connectivity index (χ1v) is 12.0. The van der Waals surface area contributed by atoms with Gasteiger partial charge in [0.2, 0.25) is 10.4 Å². The van der Waals surface area contributed by atoms with Gasteiger partial charge in [-0.2, -0.15) is 0 Å². The van der Waals surface area contributed by atoms with Crippen molar-refractivity contribution >= 4 is 10.4 Å². The molecule has 0 saturated heterocycles. The molecule has 0 heterocycles. The maximum atomic E-state index is 10.2. The molecule has 0 unspecified atom stereocenters. The third-order valence-corrected chi connectivity index (χ3v) is 3.68. The van der Waals surface area contributed by atoms with Crippen LogP contribution in [0.2, 0.25) is 0 Å². The first-order chi connectivity index (χ1) is 13.3. The highest BCUT2D eigenvalue weighted by Crippen LogP contribution is 2.11. The molecule has 0 aromatic rings. The summed E-state index contributed by atoms with van der Waals surface area (Å²) in [4.78, 5) is 0. The van der Waals surface area contributed by atoms with Gasteiger partial charge in [0.1, 0.15) is 0 Å². The molecule has 0 aromatic heterocycles. The largest absolute Gasteiger partial charge is 0.855 e. The predicted molar refractivity (Wildman–Crippen MR) is 132 cm³/mol. The summed E-state index contributed by atoms with van der Waals surface area (Å²) < 4.78 is 34.6. The van der Waals surface area contributed by atoms with Gasteiger partial charge in [-0.1, -0.05) is 98.3 Å². The van der Waals surface area contributed by atoms with Gasteiger partial charge in [-0.15, -0.1) is 19.8 Å². The van der Waals surface area contributed by atoms with Crippen molar-refractivity contribution < 1.29 is 32.5 Å². The van der Waals surface area contributed by atoms with Gasteiger partial charge in [0.05, 0.1) is 6.61 Å². The molecule has 0 aliphatic rings. The van der Waals surface area contributed by atoms with Crippen molar-refractivity contribution in [2.45, 2.75) is 105 Å². The molecular weight excluding hydrogens is 440 g/mol. The number of unbranched alkanes of at least 4 members (excludes halogenated alkanes) is 11. The topological polar surface area (TPSA) is 282 Å². The van der Waals surface area contributed by atoms with Gasteiger partial charge >= 0.3 is 0 Å². The van der Waals surface area contributed by atoms with Crippen LogP contribution in [0.1, 0.15) is 105 Å². The van der Waals surface area contributed by atoms with Crippen LogP contribution in [0.5, 0.6) is 0 Å². The van der Waals surface area contributed by atoms with Crippen LogP contribution in [0.15, 0.2) is 0 Å². The summed E-state index contributed by atoms with van der Waals surface area (Å²) in [5.41, 5.74) is 0. The molecule has 0 fully saturated rings. The van der Waals surface area contributed by atoms with Gasteiger partial charge in [0.15, 0.2) is 0 Å². The molecular formula is C20H60N4O7S. The molecule has 208 valence electrons. The number of hydrogen-bond donors (Lipinski definition) is 4. The van der Waals surface area contributed by atoms with Gasteiger partial charge in [0, 0.05) is 0 Å². The van der Waals surface area contributed by atoms with Crippen molar-refractivity contribution in [3.05, 3.63) is 0 Å². The maximum absolute atomic E-state index is 10.2. The van der Waals surface area contributed by atoms with Crippen molar-refractivity contribution in [1.82, 2.24) is 24.6 Å². The van der Waals surface area contributed by atoms with Gasteiger partial charge in [-0.25, -0.2) is 8.42 Å². The second kappa shape index (κ2) is 52.5. The summed E-state index contributed by atoms with van der Waals surface area (Å²) in [5, 5.41) is 26.8. The Kier molecular flexibility index (Phi) is 87.1. The molecule has 0 aliphatic heterocycles. The molecule has 0 amide bonds. The highest BCUT2D eigenvalue weighted by Gasteiger charge is 1.96. The van der Waals surface area contributed by atoms with Gasteiger partial charge in [0.25, 0.3) is 0 Å². The lowest BCUT2D eigenvalue weighted by molar-refractivity contribution is -0.362. The van der Waals surface area contributed by atoms with E-state index in [1.807, 2.05) is 0 Å². The molecule has 0 aromatic carbocycles. The predicted octanol–water partition coefficient (Wildman–Crippen LogP) is 3.77. The Balaban J connectivity index is -0.0000000637. The highest BCUT2D eigenvalue weighted by atomic mass is 32.3. The zero-order chi connectivity index (χ0) is 22.5. The van der Waals surface area contributed by atoms with E-state index in [9.17, 15) is 13.0 Å². The average Bonchev–Trinajstić information content (AvgIpc) is 2.60. The molecule has 0 radical (unpaired) electrons. The first-order valence-electron chi connectivity index (χ1n) is 10.6. The number of hydrogen-bond acceptors (Lipinski definition) is 7. The summed E-state index contributed by atoms with van der Waals surface area (Å²) in [6, 6.07) is 0. The van der Waals surface area contributed by atoms with Crippen LogP contribution in [-0.2, 0) is 14.6 Å². The Morgan fingerprint density at radius 3 is 0.969 bits per heavy atom. The molecule has 0 rings (SSSR count). The fraction of sp³-hybridized carbons (Fsp3) is 1.00. The minimum absolute atomic E-state index is 0. The van der Waals surface area contributed by atoms with Gasteiger partial charge in [-0.3, -0.25) is 4.18 Å². The summed E-state index contributed by atoms with van der Waals surface area (Å²) >= 11 is 0. The fourth-order valence-corrected chi connectivity index (χ4v) is 2.43. The van der Waals surface area contributed by atoms with E-state index < -0.39 is 10.4 Å². The molecule has 11 nitrogen and oxygen atoms in total. The van der Waals surface area contributed by atoms with E-state index in [2.05, 4.69) is 11.1 Å². The Bertz CT molecular complexity index is 335. The lowest BCUT2D eigenvalue weighted by atomic mass is 10.1. The normalized spacial score (nSPS) is 8.75. The zero-order valence-corrected chi connectivity index (χ0v) is 23.4. The first kappa shape index (κ1) is 53.1. The second-order valence-electron chi connectivity index (χ2n) is 5.99. The lowest BCUT2D eigenvalue weighted by Crippen LogP contribution is -2.05. The number of rotatable bonds is 14.